The van der Waals surface area contributed by atoms with Crippen molar-refractivity contribution in [3.63, 3.8) is 0 Å². The van der Waals surface area contributed by atoms with Crippen molar-refractivity contribution in [2.45, 2.75) is 26.2 Å². The molecular weight excluding hydrogens is 480 g/mol. The van der Waals surface area contributed by atoms with E-state index in [0.29, 0.717) is 23.1 Å². The quantitative estimate of drug-likeness (QED) is 0.177. The molecule has 0 radical (unpaired) electrons. The number of amides is 1. The van der Waals surface area contributed by atoms with Gasteiger partial charge in [-0.15, -0.1) is 0 Å². The number of nitrogens with zero attached hydrogens (tertiary/aromatic N) is 2. The van der Waals surface area contributed by atoms with Gasteiger partial charge in [0.25, 0.3) is 5.91 Å². The van der Waals surface area contributed by atoms with Gasteiger partial charge in [-0.05, 0) is 72.6 Å². The van der Waals surface area contributed by atoms with Gasteiger partial charge in [-0.25, -0.2) is 4.98 Å². The van der Waals surface area contributed by atoms with Crippen LogP contribution in [0.25, 0.3) is 22.6 Å². The van der Waals surface area contributed by atoms with E-state index in [9.17, 15) is 14.9 Å². The highest BCUT2D eigenvalue weighted by Crippen LogP contribution is 2.29. The number of hydrogen-bond donors (Lipinski definition) is 2. The smallest absolute Gasteiger partial charge is 0.311 e. The molecule has 0 fully saturated rings. The van der Waals surface area contributed by atoms with Gasteiger partial charge < -0.3 is 14.5 Å². The van der Waals surface area contributed by atoms with Gasteiger partial charge in [0.05, 0.1) is 12.0 Å². The van der Waals surface area contributed by atoms with Crippen molar-refractivity contribution in [2.24, 2.45) is 0 Å². The molecule has 0 saturated heterocycles. The van der Waals surface area contributed by atoms with E-state index in [1.807, 2.05) is 24.3 Å². The first-order valence-electron chi connectivity index (χ1n) is 11.2. The number of oxazole rings is 1. The van der Waals surface area contributed by atoms with Crippen molar-refractivity contribution in [3.8, 4) is 17.2 Å². The molecular formula is C26H24N4O5S. The summed E-state index contributed by atoms with van der Waals surface area (Å²) in [5, 5.41) is 16.7. The lowest BCUT2D eigenvalue weighted by molar-refractivity contribution is -0.385. The number of thiocarbonyl (C=S) groups is 1. The summed E-state index contributed by atoms with van der Waals surface area (Å²) in [7, 11) is 1.32. The summed E-state index contributed by atoms with van der Waals surface area (Å²) < 4.78 is 10.9. The minimum absolute atomic E-state index is 0.0337. The molecule has 1 heterocycles. The number of carbonyl (C=O) groups excluding carboxylic acids is 1. The molecule has 0 saturated carbocycles. The lowest BCUT2D eigenvalue weighted by Gasteiger charge is -2.10. The van der Waals surface area contributed by atoms with Crippen LogP contribution in [0.1, 0.15) is 42.1 Å². The topological polar surface area (TPSA) is 120 Å². The first-order chi connectivity index (χ1) is 17.3. The Labute approximate surface area is 212 Å². The third-order valence-electron chi connectivity index (χ3n) is 5.83. The molecule has 1 atom stereocenters. The molecule has 1 unspecified atom stereocenters. The first kappa shape index (κ1) is 24.8. The minimum atomic E-state index is -0.616. The van der Waals surface area contributed by atoms with Crippen LogP contribution in [-0.2, 0) is 0 Å². The fourth-order valence-corrected chi connectivity index (χ4v) is 3.86. The van der Waals surface area contributed by atoms with Crippen LogP contribution in [0.5, 0.6) is 5.75 Å². The highest BCUT2D eigenvalue weighted by atomic mass is 32.1. The Morgan fingerprint density at radius 3 is 2.72 bits per heavy atom. The van der Waals surface area contributed by atoms with E-state index in [4.69, 9.17) is 21.4 Å². The molecule has 36 heavy (non-hydrogen) atoms. The van der Waals surface area contributed by atoms with Crippen LogP contribution in [0.15, 0.2) is 65.1 Å². The second-order valence-corrected chi connectivity index (χ2v) is 8.60. The molecule has 184 valence electrons. The molecule has 3 aromatic carbocycles. The summed E-state index contributed by atoms with van der Waals surface area (Å²) in [5.74, 6) is 0.368. The molecule has 9 nitrogen and oxygen atoms in total. The number of hydrogen-bond acceptors (Lipinski definition) is 7. The first-order valence-corrected chi connectivity index (χ1v) is 11.7. The maximum Gasteiger partial charge on any atom is 0.311 e. The molecule has 0 bridgehead atoms. The summed E-state index contributed by atoms with van der Waals surface area (Å²) >= 11 is 5.27. The zero-order valence-corrected chi connectivity index (χ0v) is 20.7. The lowest BCUT2D eigenvalue weighted by Crippen LogP contribution is -2.34. The zero-order valence-electron chi connectivity index (χ0n) is 19.9. The van der Waals surface area contributed by atoms with Gasteiger partial charge in [-0.2, -0.15) is 0 Å². The normalized spacial score (nSPS) is 11.6. The number of nitro groups is 1. The summed E-state index contributed by atoms with van der Waals surface area (Å²) in [6.45, 7) is 4.32. The van der Waals surface area contributed by atoms with Crippen molar-refractivity contribution in [3.05, 3.63) is 81.9 Å². The molecule has 1 amide bonds. The molecule has 10 heteroatoms. The van der Waals surface area contributed by atoms with Crippen molar-refractivity contribution in [2.75, 3.05) is 12.4 Å². The van der Waals surface area contributed by atoms with Gasteiger partial charge in [0, 0.05) is 22.9 Å². The molecule has 0 aliphatic heterocycles. The molecule has 1 aromatic heterocycles. The Hall–Kier alpha value is -4.31. The Bertz CT molecular complexity index is 1470. The number of carbonyl (C=O) groups is 1. The van der Waals surface area contributed by atoms with Gasteiger partial charge in [-0.3, -0.25) is 20.2 Å². The lowest BCUT2D eigenvalue weighted by atomic mass is 9.98. The molecule has 0 aliphatic carbocycles. The molecule has 4 rings (SSSR count). The summed E-state index contributed by atoms with van der Waals surface area (Å²) in [5.41, 5.74) is 3.81. The maximum atomic E-state index is 12.6. The Morgan fingerprint density at radius 2 is 2.00 bits per heavy atom. The summed E-state index contributed by atoms with van der Waals surface area (Å²) in [6, 6.07) is 17.2. The van der Waals surface area contributed by atoms with E-state index >= 15 is 0 Å². The van der Waals surface area contributed by atoms with Crippen LogP contribution in [0, 0.1) is 10.1 Å². The van der Waals surface area contributed by atoms with Crippen LogP contribution in [0.2, 0.25) is 0 Å². The van der Waals surface area contributed by atoms with E-state index in [1.165, 1.54) is 24.8 Å². The second-order valence-electron chi connectivity index (χ2n) is 8.19. The van der Waals surface area contributed by atoms with Gasteiger partial charge in [0.2, 0.25) is 5.89 Å². The van der Waals surface area contributed by atoms with Crippen LogP contribution >= 0.6 is 12.2 Å². The van der Waals surface area contributed by atoms with E-state index in [-0.39, 0.29) is 22.1 Å². The monoisotopic (exact) mass is 504 g/mol. The second kappa shape index (κ2) is 10.5. The predicted octanol–water partition coefficient (Wildman–Crippen LogP) is 6.05. The van der Waals surface area contributed by atoms with E-state index < -0.39 is 10.8 Å². The number of rotatable bonds is 7. The summed E-state index contributed by atoms with van der Waals surface area (Å²) in [6.07, 6.45) is 1.04. The Morgan fingerprint density at radius 1 is 1.19 bits per heavy atom. The molecule has 0 spiro atoms. The van der Waals surface area contributed by atoms with Gasteiger partial charge in [-0.1, -0.05) is 26.0 Å². The minimum Gasteiger partial charge on any atom is -0.490 e. The van der Waals surface area contributed by atoms with Crippen LogP contribution in [0.3, 0.4) is 0 Å². The number of anilines is 1. The maximum absolute atomic E-state index is 12.6. The van der Waals surface area contributed by atoms with E-state index in [2.05, 4.69) is 35.5 Å². The summed E-state index contributed by atoms with van der Waals surface area (Å²) in [4.78, 5) is 27.8. The largest absolute Gasteiger partial charge is 0.490 e. The Kier molecular flexibility index (Phi) is 7.25. The SMILES string of the molecule is CCC(C)c1ccc2oc(-c3cccc(NC(=S)NC(=O)c4ccc(OC)c([N+](=O)[O-])c4)c3)nc2c1. The zero-order chi connectivity index (χ0) is 25.8. The number of aromatic nitrogens is 1. The van der Waals surface area contributed by atoms with E-state index in [1.54, 1.807) is 12.1 Å². The fourth-order valence-electron chi connectivity index (χ4n) is 3.65. The third kappa shape index (κ3) is 5.33. The predicted molar refractivity (Wildman–Crippen MR) is 141 cm³/mol. The van der Waals surface area contributed by atoms with Crippen LogP contribution in [0.4, 0.5) is 11.4 Å². The van der Waals surface area contributed by atoms with E-state index in [0.717, 1.165) is 23.6 Å². The highest BCUT2D eigenvalue weighted by molar-refractivity contribution is 7.80. The number of benzene rings is 3. The molecule has 4 aromatic rings. The number of ether oxygens (including phenoxy) is 1. The Balaban J connectivity index is 1.48. The highest BCUT2D eigenvalue weighted by Gasteiger charge is 2.19. The van der Waals surface area contributed by atoms with Gasteiger partial charge in [0.1, 0.15) is 5.52 Å². The van der Waals surface area contributed by atoms with Crippen LogP contribution < -0.4 is 15.4 Å². The van der Waals surface area contributed by atoms with Crippen LogP contribution in [-0.4, -0.2) is 28.0 Å². The van der Waals surface area contributed by atoms with Crippen molar-refractivity contribution in [1.82, 2.24) is 10.3 Å². The van der Waals surface area contributed by atoms with Crippen molar-refractivity contribution >= 4 is 45.7 Å². The number of nitro benzene ring substituents is 1. The number of nitrogens with one attached hydrogen (secondary N) is 2. The molecule has 0 aliphatic rings. The fraction of sp³-hybridized carbons (Fsp3) is 0.192. The van der Waals surface area contributed by atoms with Crippen molar-refractivity contribution < 1.29 is 18.9 Å². The van der Waals surface area contributed by atoms with Gasteiger partial charge in [0.15, 0.2) is 16.4 Å². The molecule has 2 N–H and O–H groups in total. The standard InChI is InChI=1S/C26H24N4O5S/c1-4-15(2)16-8-10-22-20(13-16)28-25(35-22)18-6-5-7-19(12-18)27-26(36)29-24(31)17-9-11-23(34-3)21(14-17)30(32)33/h5-15H,4H2,1-3H3,(H2,27,29,31,36). The average molecular weight is 505 g/mol. The number of fused-ring (bicyclic) bond motifs is 1. The number of methoxy groups -OCH3 is 1. The van der Waals surface area contributed by atoms with Gasteiger partial charge >= 0.3 is 5.69 Å². The average Bonchev–Trinajstić information content (AvgIpc) is 3.31. The van der Waals surface area contributed by atoms with Crippen molar-refractivity contribution in [1.29, 1.82) is 0 Å². The third-order valence-corrected chi connectivity index (χ3v) is 6.03.